The van der Waals surface area contributed by atoms with E-state index in [1.165, 1.54) is 23.5 Å². The normalized spacial score (nSPS) is 11.7. The van der Waals surface area contributed by atoms with Crippen LogP contribution in [0.2, 0.25) is 0 Å². The van der Waals surface area contributed by atoms with Crippen LogP contribution in [-0.4, -0.2) is 54.4 Å². The number of halogens is 4. The molecule has 0 bridgehead atoms. The molecule has 2 N–H and O–H groups in total. The van der Waals surface area contributed by atoms with Crippen molar-refractivity contribution < 1.29 is 36.7 Å². The Morgan fingerprint density at radius 1 is 1.00 bits per heavy atom. The zero-order valence-corrected chi connectivity index (χ0v) is 17.3. The first-order chi connectivity index (χ1) is 13.7. The second-order valence-electron chi connectivity index (χ2n) is 5.74. The van der Waals surface area contributed by atoms with Crippen molar-refractivity contribution in [1.82, 2.24) is 10.6 Å². The summed E-state index contributed by atoms with van der Waals surface area (Å²) in [6.45, 7) is 0.0180. The first kappa shape index (κ1) is 25.1. The van der Waals surface area contributed by atoms with Gasteiger partial charge in [0.25, 0.3) is 0 Å². The van der Waals surface area contributed by atoms with Crippen LogP contribution in [0.15, 0.2) is 6.07 Å². The van der Waals surface area contributed by atoms with Gasteiger partial charge >= 0.3 is 5.97 Å². The predicted molar refractivity (Wildman–Crippen MR) is 103 cm³/mol. The molecule has 0 spiro atoms. The van der Waals surface area contributed by atoms with E-state index in [0.29, 0.717) is 0 Å². The van der Waals surface area contributed by atoms with Crippen LogP contribution in [0.5, 0.6) is 5.75 Å². The minimum Gasteiger partial charge on any atom is -0.420 e. The number of hydrogen-bond acceptors (Lipinski definition) is 6. The lowest BCUT2D eigenvalue weighted by molar-refractivity contribution is -0.135. The molecule has 12 heteroatoms. The Labute approximate surface area is 173 Å². The lowest BCUT2D eigenvalue weighted by atomic mass is 10.1. The minimum atomic E-state index is -1.83. The molecule has 1 aromatic carbocycles. The lowest BCUT2D eigenvalue weighted by Crippen LogP contribution is -2.45. The van der Waals surface area contributed by atoms with Crippen molar-refractivity contribution in [1.29, 1.82) is 0 Å². The summed E-state index contributed by atoms with van der Waals surface area (Å²) in [6.07, 6.45) is 2.98. The van der Waals surface area contributed by atoms with Gasteiger partial charge in [-0.15, -0.1) is 0 Å². The van der Waals surface area contributed by atoms with Gasteiger partial charge in [-0.25, -0.2) is 8.78 Å². The number of ether oxygens (including phenoxy) is 1. The van der Waals surface area contributed by atoms with Crippen LogP contribution in [0.3, 0.4) is 0 Å². The summed E-state index contributed by atoms with van der Waals surface area (Å²) in [5, 5.41) is 5.20. The van der Waals surface area contributed by atoms with E-state index >= 15 is 0 Å². The Morgan fingerprint density at radius 2 is 1.55 bits per heavy atom. The van der Waals surface area contributed by atoms with E-state index in [1.54, 1.807) is 12.5 Å². The van der Waals surface area contributed by atoms with E-state index in [4.69, 9.17) is 0 Å². The number of nitrogens with one attached hydrogen (secondary N) is 2. The third-order valence-corrected chi connectivity index (χ3v) is 4.55. The van der Waals surface area contributed by atoms with Crippen molar-refractivity contribution in [2.45, 2.75) is 18.9 Å². The van der Waals surface area contributed by atoms with Gasteiger partial charge in [-0.05, 0) is 18.9 Å². The molecule has 1 unspecified atom stereocenters. The number of carbonyl (C=O) groups excluding carboxylic acids is 3. The third-order valence-electron chi connectivity index (χ3n) is 3.45. The second kappa shape index (κ2) is 12.6. The average molecular weight is 456 g/mol. The van der Waals surface area contributed by atoms with Gasteiger partial charge in [-0.2, -0.15) is 32.3 Å². The molecule has 0 aliphatic heterocycles. The fraction of sp³-hybridized carbons (Fsp3) is 0.471. The van der Waals surface area contributed by atoms with Crippen molar-refractivity contribution in [3.8, 4) is 5.75 Å². The fourth-order valence-corrected chi connectivity index (χ4v) is 2.85. The zero-order valence-electron chi connectivity index (χ0n) is 15.7. The van der Waals surface area contributed by atoms with Crippen molar-refractivity contribution in [2.75, 3.05) is 30.6 Å². The van der Waals surface area contributed by atoms with Crippen LogP contribution >= 0.6 is 23.5 Å². The van der Waals surface area contributed by atoms with Crippen LogP contribution in [0.4, 0.5) is 17.6 Å². The molecule has 2 amide bonds. The van der Waals surface area contributed by atoms with Gasteiger partial charge in [0, 0.05) is 25.1 Å². The Morgan fingerprint density at radius 3 is 2.10 bits per heavy atom. The minimum absolute atomic E-state index is 0.00340. The maximum Gasteiger partial charge on any atom is 0.311 e. The van der Waals surface area contributed by atoms with Crippen LogP contribution in [-0.2, 0) is 14.4 Å². The molecule has 1 atom stereocenters. The van der Waals surface area contributed by atoms with Gasteiger partial charge in [-0.1, -0.05) is 0 Å². The van der Waals surface area contributed by atoms with Crippen LogP contribution in [0, 0.1) is 23.3 Å². The molecular weight excluding hydrogens is 436 g/mol. The summed E-state index contributed by atoms with van der Waals surface area (Å²) >= 11 is 2.57. The first-order valence-electron chi connectivity index (χ1n) is 8.27. The number of carbonyl (C=O) groups is 3. The third kappa shape index (κ3) is 8.52. The topological polar surface area (TPSA) is 84.5 Å². The number of thioether (sulfide) groups is 2. The molecule has 0 fully saturated rings. The van der Waals surface area contributed by atoms with Crippen molar-refractivity contribution in [3.63, 3.8) is 0 Å². The van der Waals surface area contributed by atoms with Gasteiger partial charge in [0.2, 0.25) is 29.2 Å². The van der Waals surface area contributed by atoms with Gasteiger partial charge in [-0.3, -0.25) is 14.4 Å². The maximum atomic E-state index is 13.6. The number of amides is 2. The summed E-state index contributed by atoms with van der Waals surface area (Å²) in [4.78, 5) is 35.2. The Bertz CT molecular complexity index is 726. The van der Waals surface area contributed by atoms with Gasteiger partial charge in [0.05, 0.1) is 11.5 Å². The molecule has 0 aromatic heterocycles. The molecule has 0 saturated carbocycles. The smallest absolute Gasteiger partial charge is 0.311 e. The highest BCUT2D eigenvalue weighted by Gasteiger charge is 2.24. The predicted octanol–water partition coefficient (Wildman–Crippen LogP) is 2.26. The fourth-order valence-electron chi connectivity index (χ4n) is 2.14. The largest absolute Gasteiger partial charge is 0.420 e. The Kier molecular flexibility index (Phi) is 10.9. The second-order valence-corrected chi connectivity index (χ2v) is 7.48. The van der Waals surface area contributed by atoms with E-state index in [2.05, 4.69) is 15.4 Å². The standard InChI is InChI=1S/C17H20F4N2O4S2/c1-28-7-12(24)22-6-9(23-13(25)8-29-2)3-4-14(26)27-17-15(20)10(18)5-11(19)16(17)21/h5,9H,3-4,6-8H2,1-2H3,(H,22,24)(H,23,25). The molecule has 0 saturated heterocycles. The number of rotatable bonds is 11. The molecule has 162 valence electrons. The SMILES string of the molecule is CSCC(=O)NCC(CCC(=O)Oc1c(F)c(F)cc(F)c1F)NC(=O)CSC. The quantitative estimate of drug-likeness (QED) is 0.230. The number of hydrogen-bond donors (Lipinski definition) is 2. The number of esters is 1. The highest BCUT2D eigenvalue weighted by molar-refractivity contribution is 7.99. The van der Waals surface area contributed by atoms with E-state index in [1.807, 2.05) is 0 Å². The molecule has 0 aliphatic rings. The van der Waals surface area contributed by atoms with Gasteiger partial charge in [0.15, 0.2) is 11.6 Å². The molecule has 1 rings (SSSR count). The Hall–Kier alpha value is -1.95. The zero-order chi connectivity index (χ0) is 22.0. The van der Waals surface area contributed by atoms with Crippen LogP contribution in [0.25, 0.3) is 0 Å². The molecular formula is C17H20F4N2O4S2. The summed E-state index contributed by atoms with van der Waals surface area (Å²) in [7, 11) is 0. The molecule has 29 heavy (non-hydrogen) atoms. The molecule has 0 radical (unpaired) electrons. The highest BCUT2D eigenvalue weighted by atomic mass is 32.2. The average Bonchev–Trinajstić information content (AvgIpc) is 2.66. The summed E-state index contributed by atoms with van der Waals surface area (Å²) in [6, 6.07) is -0.664. The summed E-state index contributed by atoms with van der Waals surface area (Å²) in [5.41, 5.74) is 0. The van der Waals surface area contributed by atoms with Gasteiger partial charge < -0.3 is 15.4 Å². The van der Waals surface area contributed by atoms with E-state index in [-0.39, 0.29) is 42.4 Å². The summed E-state index contributed by atoms with van der Waals surface area (Å²) < 4.78 is 57.9. The van der Waals surface area contributed by atoms with Crippen molar-refractivity contribution in [2.24, 2.45) is 0 Å². The van der Waals surface area contributed by atoms with Crippen LogP contribution < -0.4 is 15.4 Å². The van der Waals surface area contributed by atoms with Gasteiger partial charge in [0.1, 0.15) is 0 Å². The molecule has 0 heterocycles. The first-order valence-corrected chi connectivity index (χ1v) is 11.1. The van der Waals surface area contributed by atoms with Crippen LogP contribution in [0.1, 0.15) is 12.8 Å². The van der Waals surface area contributed by atoms with Crippen molar-refractivity contribution >= 4 is 41.3 Å². The molecule has 1 aromatic rings. The summed E-state index contributed by atoms with van der Waals surface area (Å²) in [5.74, 6) is -9.94. The molecule has 6 nitrogen and oxygen atoms in total. The van der Waals surface area contributed by atoms with Crippen molar-refractivity contribution in [3.05, 3.63) is 29.3 Å². The monoisotopic (exact) mass is 456 g/mol. The maximum absolute atomic E-state index is 13.6. The molecule has 0 aliphatic carbocycles. The van der Waals surface area contributed by atoms with E-state index < -0.39 is 47.5 Å². The number of benzene rings is 1. The van der Waals surface area contributed by atoms with E-state index in [0.717, 1.165) is 0 Å². The van der Waals surface area contributed by atoms with E-state index in [9.17, 15) is 31.9 Å². The Balaban J connectivity index is 2.73. The highest BCUT2D eigenvalue weighted by Crippen LogP contribution is 2.26. The lowest BCUT2D eigenvalue weighted by Gasteiger charge is -2.19.